The highest BCUT2D eigenvalue weighted by Gasteiger charge is 2.39. The van der Waals surface area contributed by atoms with Crippen molar-refractivity contribution in [2.45, 2.75) is 44.8 Å². The second-order valence-electron chi connectivity index (χ2n) is 9.13. The minimum absolute atomic E-state index is 0.0393. The summed E-state index contributed by atoms with van der Waals surface area (Å²) >= 11 is 4.69. The number of para-hydroxylation sites is 2. The largest absolute Gasteiger partial charge is 0.487 e. The zero-order valence-electron chi connectivity index (χ0n) is 21.6. The molecule has 2 bridgehead atoms. The fourth-order valence-electron chi connectivity index (χ4n) is 4.87. The van der Waals surface area contributed by atoms with Crippen molar-refractivity contribution in [1.82, 2.24) is 15.2 Å². The van der Waals surface area contributed by atoms with Crippen LogP contribution >= 0.6 is 27.3 Å². The van der Waals surface area contributed by atoms with Gasteiger partial charge in [-0.1, -0.05) is 39.4 Å². The highest BCUT2D eigenvalue weighted by Crippen LogP contribution is 2.38. The van der Waals surface area contributed by atoms with Gasteiger partial charge in [-0.15, -0.1) is 0 Å². The molecule has 3 aliphatic rings. The van der Waals surface area contributed by atoms with E-state index in [1.54, 1.807) is 30.4 Å². The number of carbonyl (C=O) groups is 2. The molecule has 5 rings (SSSR count). The summed E-state index contributed by atoms with van der Waals surface area (Å²) in [5.74, 6) is 0.793. The van der Waals surface area contributed by atoms with E-state index in [1.807, 2.05) is 17.0 Å². The molecule has 3 aliphatic heterocycles. The third kappa shape index (κ3) is 7.16. The van der Waals surface area contributed by atoms with E-state index in [0.717, 1.165) is 30.3 Å². The number of benzene rings is 1. The van der Waals surface area contributed by atoms with Crippen LogP contribution in [0.3, 0.4) is 0 Å². The average Bonchev–Trinajstić information content (AvgIpc) is 3.47. The summed E-state index contributed by atoms with van der Waals surface area (Å²) in [6.45, 7) is 5.64. The van der Waals surface area contributed by atoms with Crippen molar-refractivity contribution in [2.75, 3.05) is 56.3 Å². The van der Waals surface area contributed by atoms with Crippen LogP contribution in [0.2, 0.25) is 0 Å². The van der Waals surface area contributed by atoms with Gasteiger partial charge in [-0.05, 0) is 31.9 Å². The first-order valence-corrected chi connectivity index (χ1v) is 14.9. The zero-order chi connectivity index (χ0) is 26.9. The number of hydrogen-bond donors (Lipinski definition) is 2. The second-order valence-corrected chi connectivity index (χ2v) is 10.8. The monoisotopic (exact) mass is 610 g/mol. The van der Waals surface area contributed by atoms with Gasteiger partial charge in [0.05, 0.1) is 25.5 Å². The van der Waals surface area contributed by atoms with Crippen LogP contribution in [0.5, 0.6) is 11.5 Å². The van der Waals surface area contributed by atoms with Crippen LogP contribution in [0.25, 0.3) is 0 Å². The number of aliphatic hydroxyl groups excluding tert-OH is 1. The van der Waals surface area contributed by atoms with Gasteiger partial charge in [0.15, 0.2) is 23.2 Å². The number of piperazine rings is 1. The molecule has 2 unspecified atom stereocenters. The molecule has 4 heterocycles. The Kier molecular flexibility index (Phi) is 10.6. The number of thiazole rings is 1. The number of hydrogen-bond acceptors (Lipinski definition) is 10. The molecule has 0 radical (unpaired) electrons. The van der Waals surface area contributed by atoms with Crippen LogP contribution in [0.15, 0.2) is 24.3 Å². The molecule has 2 aromatic rings. The molecule has 1 aromatic carbocycles. The minimum atomic E-state index is -0.206. The lowest BCUT2D eigenvalue weighted by molar-refractivity contribution is -0.139. The summed E-state index contributed by atoms with van der Waals surface area (Å²) in [5.41, 5.74) is 1.14. The van der Waals surface area contributed by atoms with Gasteiger partial charge in [-0.25, -0.2) is 4.98 Å². The maximum atomic E-state index is 12.8. The number of fused-ring (bicyclic) bond motifs is 3. The molecule has 1 amide bonds. The number of nitrogens with one attached hydrogen (secondary N) is 1. The highest BCUT2D eigenvalue weighted by atomic mass is 79.9. The fourth-order valence-corrected chi connectivity index (χ4v) is 6.30. The van der Waals surface area contributed by atoms with Crippen molar-refractivity contribution in [1.29, 1.82) is 0 Å². The Bertz CT molecular complexity index is 1070. The number of ether oxygens (including phenoxy) is 3. The van der Waals surface area contributed by atoms with Crippen LogP contribution in [0.4, 0.5) is 5.13 Å². The molecule has 10 nitrogen and oxygen atoms in total. The summed E-state index contributed by atoms with van der Waals surface area (Å²) in [5, 5.41) is 13.9. The third-order valence-electron chi connectivity index (χ3n) is 6.64. The van der Waals surface area contributed by atoms with Crippen LogP contribution in [0.1, 0.15) is 30.3 Å². The Morgan fingerprint density at radius 3 is 2.53 bits per heavy atom. The van der Waals surface area contributed by atoms with Crippen LogP contribution in [-0.2, 0) is 27.3 Å². The molecule has 0 spiro atoms. The van der Waals surface area contributed by atoms with Crippen molar-refractivity contribution < 1.29 is 28.9 Å². The number of aromatic nitrogens is 1. The van der Waals surface area contributed by atoms with Gasteiger partial charge in [0.25, 0.3) is 5.91 Å². The molecule has 38 heavy (non-hydrogen) atoms. The van der Waals surface area contributed by atoms with E-state index in [9.17, 15) is 9.59 Å². The Balaban J connectivity index is 0.000000426. The van der Waals surface area contributed by atoms with Crippen molar-refractivity contribution in [3.8, 4) is 11.5 Å². The van der Waals surface area contributed by atoms with Crippen LogP contribution in [-0.4, -0.2) is 90.3 Å². The maximum absolute atomic E-state index is 12.8. The molecule has 0 aliphatic carbocycles. The predicted molar refractivity (Wildman–Crippen MR) is 148 cm³/mol. The smallest absolute Gasteiger partial charge is 0.316 e. The molecule has 1 aromatic heterocycles. The predicted octanol–water partition coefficient (Wildman–Crippen LogP) is 2.36. The number of aliphatic hydroxyl groups is 1. The molecule has 2 saturated heterocycles. The van der Waals surface area contributed by atoms with Gasteiger partial charge in [0.1, 0.15) is 11.9 Å². The molecule has 12 heteroatoms. The molecule has 2 N–H and O–H groups in total. The first-order valence-electron chi connectivity index (χ1n) is 13.0. The Morgan fingerprint density at radius 2 is 1.89 bits per heavy atom. The average molecular weight is 612 g/mol. The SMILES string of the molecule is CCOC(=O)CBr.O=C(COc1ccccc1OCCO)N1CCc2nc(N3C4CCC3CNC4)sc2C1. The van der Waals surface area contributed by atoms with Crippen molar-refractivity contribution >= 4 is 44.3 Å². The first-order chi connectivity index (χ1) is 18.5. The Labute approximate surface area is 235 Å². The van der Waals surface area contributed by atoms with Crippen LogP contribution in [0, 0.1) is 0 Å². The van der Waals surface area contributed by atoms with E-state index in [2.05, 4.69) is 30.9 Å². The van der Waals surface area contributed by atoms with E-state index < -0.39 is 0 Å². The summed E-state index contributed by atoms with van der Waals surface area (Å²) < 4.78 is 15.7. The molecule has 2 fully saturated rings. The van der Waals surface area contributed by atoms with Gasteiger partial charge in [0.2, 0.25) is 0 Å². The number of rotatable bonds is 9. The number of nitrogens with zero attached hydrogens (tertiary/aromatic N) is 3. The third-order valence-corrected chi connectivity index (χ3v) is 8.19. The number of esters is 1. The maximum Gasteiger partial charge on any atom is 0.316 e. The number of amides is 1. The number of anilines is 1. The fraction of sp³-hybridized carbons (Fsp3) is 0.577. The Hall–Kier alpha value is -2.41. The van der Waals surface area contributed by atoms with Gasteiger partial charge < -0.3 is 34.4 Å². The van der Waals surface area contributed by atoms with Crippen LogP contribution < -0.4 is 19.7 Å². The lowest BCUT2D eigenvalue weighted by Crippen LogP contribution is -2.51. The molecule has 0 saturated carbocycles. The standard InChI is InChI=1S/C22H28N4O4S.C4H7BrO2/c27-9-10-29-18-3-1-2-4-19(18)30-14-21(28)25-8-7-17-20(13-25)31-22(24-17)26-15-5-6-16(26)12-23-11-15;1-2-7-4(6)3-5/h1-4,15-16,23,27H,5-14H2;2-3H2,1H3. The lowest BCUT2D eigenvalue weighted by atomic mass is 10.2. The summed E-state index contributed by atoms with van der Waals surface area (Å²) in [6.07, 6.45) is 3.25. The second kappa shape index (κ2) is 14.1. The van der Waals surface area contributed by atoms with Gasteiger partial charge >= 0.3 is 5.97 Å². The molecular formula is C26H35BrN4O6S. The number of halogens is 1. The number of carbonyl (C=O) groups excluding carboxylic acids is 2. The highest BCUT2D eigenvalue weighted by molar-refractivity contribution is 9.09. The first kappa shape index (κ1) is 28.6. The van der Waals surface area contributed by atoms with E-state index in [-0.39, 0.29) is 31.7 Å². The molecule has 208 valence electrons. The van der Waals surface area contributed by atoms with Crippen molar-refractivity contribution in [2.24, 2.45) is 0 Å². The number of alkyl halides is 1. The van der Waals surface area contributed by atoms with Crippen molar-refractivity contribution in [3.05, 3.63) is 34.8 Å². The zero-order valence-corrected chi connectivity index (χ0v) is 24.0. The lowest BCUT2D eigenvalue weighted by Gasteiger charge is -2.35. The summed E-state index contributed by atoms with van der Waals surface area (Å²) in [7, 11) is 0. The van der Waals surface area contributed by atoms with Crippen molar-refractivity contribution in [3.63, 3.8) is 0 Å². The van der Waals surface area contributed by atoms with E-state index in [1.165, 1.54) is 17.7 Å². The quantitative estimate of drug-likeness (QED) is 0.326. The Morgan fingerprint density at radius 1 is 1.18 bits per heavy atom. The topological polar surface area (TPSA) is 113 Å². The molecule has 2 atom stereocenters. The summed E-state index contributed by atoms with van der Waals surface area (Å²) in [6, 6.07) is 8.30. The van der Waals surface area contributed by atoms with Gasteiger partial charge in [-0.2, -0.15) is 0 Å². The van der Waals surface area contributed by atoms with E-state index in [4.69, 9.17) is 19.6 Å². The van der Waals surface area contributed by atoms with E-state index in [0.29, 0.717) is 48.6 Å². The summed E-state index contributed by atoms with van der Waals surface area (Å²) in [4.78, 5) is 33.5. The molecular weight excluding hydrogens is 576 g/mol. The normalized spacial score (nSPS) is 19.8. The van der Waals surface area contributed by atoms with E-state index >= 15 is 0 Å². The minimum Gasteiger partial charge on any atom is -0.487 e. The van der Waals surface area contributed by atoms with Gasteiger partial charge in [-0.3, -0.25) is 9.59 Å². The van der Waals surface area contributed by atoms with Gasteiger partial charge in [0, 0.05) is 43.0 Å².